The maximum absolute atomic E-state index is 3.44. The number of rotatable bonds is 18. The van der Waals surface area contributed by atoms with Crippen LogP contribution in [0.1, 0.15) is 41.5 Å². The third kappa shape index (κ3) is 5.86. The minimum Gasteiger partial charge on any atom is -0.303 e. The van der Waals surface area contributed by atoms with E-state index in [2.05, 4.69) is 115 Å². The molecular weight excluding hydrogens is 519 g/mol. The van der Waals surface area contributed by atoms with E-state index in [0.29, 0.717) is 0 Å². The average Bonchev–Trinajstić information content (AvgIpc) is 2.88. The molecule has 0 atom stereocenters. The molecule has 0 aliphatic rings. The lowest BCUT2D eigenvalue weighted by atomic mass is 10.8. The van der Waals surface area contributed by atoms with Gasteiger partial charge in [-0.2, -0.15) is 0 Å². The van der Waals surface area contributed by atoms with Crippen molar-refractivity contribution in [3.8, 4) is 0 Å². The molecule has 0 saturated carbocycles. The van der Waals surface area contributed by atoms with Crippen LogP contribution in [0, 0.1) is 0 Å². The fourth-order valence-corrected chi connectivity index (χ4v) is 51.5. The van der Waals surface area contributed by atoms with Gasteiger partial charge in [0.15, 0.2) is 0 Å². The van der Waals surface area contributed by atoms with Crippen LogP contribution >= 0.6 is 0 Å². The Kier molecular flexibility index (Phi) is 15.9. The molecule has 0 aromatic carbocycles. The molecule has 0 spiro atoms. The monoisotopic (exact) mass is 581 g/mol. The molecule has 0 aliphatic carbocycles. The Morgan fingerprint density at radius 2 is 0.529 bits per heavy atom. The maximum atomic E-state index is 3.44. The third-order valence-corrected chi connectivity index (χ3v) is 38.2. The molecule has 7 nitrogen and oxygen atoms in total. The van der Waals surface area contributed by atoms with Crippen molar-refractivity contribution in [2.24, 2.45) is 0 Å². The Morgan fingerprint density at radius 1 is 0.382 bits per heavy atom. The summed E-state index contributed by atoms with van der Waals surface area (Å²) in [6, 6.07) is 0. The number of hydrogen-bond acceptors (Lipinski definition) is 7. The zero-order chi connectivity index (χ0) is 26.9. The largest absolute Gasteiger partial charge is 0.303 e. The number of hydrogen-bond donors (Lipinski definition) is 0. The van der Waals surface area contributed by atoms with Crippen LogP contribution in [-0.4, -0.2) is 169 Å². The fourth-order valence-electron chi connectivity index (χ4n) is 6.37. The molecule has 0 aromatic rings. The summed E-state index contributed by atoms with van der Waals surface area (Å²) in [7, 11) is 12.0. The second kappa shape index (κ2) is 15.4. The van der Waals surface area contributed by atoms with Crippen LogP contribution in [0.2, 0.25) is 17.0 Å². The summed E-state index contributed by atoms with van der Waals surface area (Å²) in [5.41, 5.74) is 4.12. The van der Waals surface area contributed by atoms with Crippen LogP contribution in [-0.2, 0) is 0 Å². The quantitative estimate of drug-likeness (QED) is 0.187. The molecule has 0 aromatic heterocycles. The third-order valence-electron chi connectivity index (χ3n) is 9.01. The molecule has 0 unspecified atom stereocenters. The summed E-state index contributed by atoms with van der Waals surface area (Å²) < 4.78 is 20.6. The first kappa shape index (κ1) is 35.0. The van der Waals surface area contributed by atoms with Crippen LogP contribution in [0.5, 0.6) is 0 Å². The lowest BCUT2D eigenvalue weighted by Gasteiger charge is -2.69. The number of nitrogens with zero attached hydrogens (tertiary/aromatic N) is 7. The highest BCUT2D eigenvalue weighted by Gasteiger charge is 2.67. The molecule has 0 amide bonds. The average molecular weight is 582 g/mol. The zero-order valence-corrected chi connectivity index (χ0v) is 35.0. The normalized spacial score (nSPS) is 14.6. The highest BCUT2D eigenvalue weighted by Crippen LogP contribution is 2.39. The van der Waals surface area contributed by atoms with Gasteiger partial charge in [0, 0.05) is 30.7 Å². The first-order chi connectivity index (χ1) is 15.9. The predicted octanol–water partition coefficient (Wildman–Crippen LogP) is -1.22. The summed E-state index contributed by atoms with van der Waals surface area (Å²) in [5.74, 6) is 0. The van der Waals surface area contributed by atoms with Crippen LogP contribution in [0.4, 0.5) is 0 Å². The van der Waals surface area contributed by atoms with E-state index in [1.807, 2.05) is 0 Å². The van der Waals surface area contributed by atoms with Crippen molar-refractivity contribution in [2.45, 2.75) is 58.5 Å². The molecule has 0 aliphatic heterocycles. The van der Waals surface area contributed by atoms with Crippen LogP contribution < -0.4 is 0 Å². The van der Waals surface area contributed by atoms with Gasteiger partial charge < -0.3 is 27.4 Å². The standard InChI is InChI=1S/C21H63N7Si6/c1-13-22(7)32(19-29,23(8)14-2)28(33(20-30,24(9)15-3)25(10)16-4)34(21-31,26(11)17-5)27(12)18-6/h13-21H2,1-12,29-31H3. The van der Waals surface area contributed by atoms with E-state index in [1.54, 1.807) is 0 Å². The summed E-state index contributed by atoms with van der Waals surface area (Å²) in [6.45, 7) is 21.2. The second-order valence-corrected chi connectivity index (χ2v) is 30.2. The van der Waals surface area contributed by atoms with E-state index >= 15 is 0 Å². The molecule has 0 saturated heterocycles. The van der Waals surface area contributed by atoms with Crippen molar-refractivity contribution in [1.29, 1.82) is 0 Å². The van der Waals surface area contributed by atoms with E-state index in [0.717, 1.165) is 39.3 Å². The van der Waals surface area contributed by atoms with Crippen LogP contribution in [0.15, 0.2) is 0 Å². The summed E-state index contributed by atoms with van der Waals surface area (Å²) in [4.78, 5) is 0. The maximum Gasteiger partial charge on any atom is 0.276 e. The minimum atomic E-state index is -2.17. The molecule has 0 fully saturated rings. The lowest BCUT2D eigenvalue weighted by Crippen LogP contribution is -2.95. The Labute approximate surface area is 227 Å². The SMILES string of the molecule is CCN(C)[Si](C[SiH3])(N(C)CC)N([Si](C[SiH3])(N(C)CC)N(C)CC)[Si](C[SiH3])(N(C)CC)N(C)CC. The first-order valence-electron chi connectivity index (χ1n) is 14.0. The lowest BCUT2D eigenvalue weighted by molar-refractivity contribution is 0.289. The van der Waals surface area contributed by atoms with Gasteiger partial charge in [-0.1, -0.05) is 41.5 Å². The Bertz CT molecular complexity index is 470. The molecule has 34 heavy (non-hydrogen) atoms. The van der Waals surface area contributed by atoms with Gasteiger partial charge in [0.1, 0.15) is 0 Å². The van der Waals surface area contributed by atoms with Gasteiger partial charge in [0.2, 0.25) is 0 Å². The van der Waals surface area contributed by atoms with Gasteiger partial charge in [-0.25, -0.2) is 0 Å². The van der Waals surface area contributed by atoms with Gasteiger partial charge in [-0.15, -0.1) is 0 Å². The predicted molar refractivity (Wildman–Crippen MR) is 173 cm³/mol. The molecule has 0 heterocycles. The van der Waals surface area contributed by atoms with E-state index in [4.69, 9.17) is 0 Å². The van der Waals surface area contributed by atoms with Crippen LogP contribution in [0.3, 0.4) is 0 Å². The van der Waals surface area contributed by atoms with Crippen molar-refractivity contribution in [2.75, 3.05) is 81.6 Å². The van der Waals surface area contributed by atoms with Gasteiger partial charge in [0.05, 0.1) is 0 Å². The van der Waals surface area contributed by atoms with Gasteiger partial charge in [-0.3, -0.25) is 3.90 Å². The molecule has 13 heteroatoms. The van der Waals surface area contributed by atoms with Crippen LogP contribution in [0.25, 0.3) is 0 Å². The Balaban J connectivity index is 8.21. The van der Waals surface area contributed by atoms with Gasteiger partial charge in [0.25, 0.3) is 25.7 Å². The van der Waals surface area contributed by atoms with Crippen molar-refractivity contribution in [3.05, 3.63) is 0 Å². The van der Waals surface area contributed by atoms with E-state index in [1.165, 1.54) is 47.7 Å². The second-order valence-electron chi connectivity index (χ2n) is 9.80. The molecule has 0 radical (unpaired) electrons. The molecular formula is C21H63N7Si6. The van der Waals surface area contributed by atoms with Gasteiger partial charge >= 0.3 is 0 Å². The van der Waals surface area contributed by atoms with E-state index in [9.17, 15) is 0 Å². The fraction of sp³-hybridized carbons (Fsp3) is 1.00. The summed E-state index contributed by atoms with van der Waals surface area (Å²) in [5, 5.41) is 0. The molecule has 206 valence electrons. The molecule has 0 bridgehead atoms. The van der Waals surface area contributed by atoms with Gasteiger partial charge in [-0.05, 0) is 98.6 Å². The smallest absolute Gasteiger partial charge is 0.276 e. The van der Waals surface area contributed by atoms with Crippen molar-refractivity contribution < 1.29 is 0 Å². The van der Waals surface area contributed by atoms with E-state index in [-0.39, 0.29) is 0 Å². The molecule has 0 rings (SSSR count). The Hall–Kier alpha value is 1.02. The highest BCUT2D eigenvalue weighted by atomic mass is 28.5. The minimum absolute atomic E-state index is 1.13. The summed E-state index contributed by atoms with van der Waals surface area (Å²) in [6.07, 6.45) is 0. The Morgan fingerprint density at radius 3 is 0.618 bits per heavy atom. The van der Waals surface area contributed by atoms with Crippen molar-refractivity contribution >= 4 is 56.4 Å². The topological polar surface area (TPSA) is 22.7 Å². The van der Waals surface area contributed by atoms with Crippen molar-refractivity contribution in [1.82, 2.24) is 31.3 Å². The highest BCUT2D eigenvalue weighted by molar-refractivity contribution is 7.05. The van der Waals surface area contributed by atoms with E-state index < -0.39 is 25.7 Å². The molecule has 0 N–H and O–H groups in total. The zero-order valence-electron chi connectivity index (χ0n) is 26.0. The first-order valence-corrected chi connectivity index (χ1v) is 24.4. The summed E-state index contributed by atoms with van der Waals surface area (Å²) >= 11 is 0. The van der Waals surface area contributed by atoms with Crippen molar-refractivity contribution in [3.63, 3.8) is 0 Å².